The largest absolute Gasteiger partial charge is 0.462 e. The molecule has 0 saturated carbocycles. The van der Waals surface area contributed by atoms with Gasteiger partial charge in [-0.1, -0.05) is 95.4 Å². The van der Waals surface area contributed by atoms with Gasteiger partial charge in [0.05, 0.1) is 19.2 Å². The monoisotopic (exact) mass is 668 g/mol. The SMILES string of the molecule is C=C=C=C=C=C=C=C=C=C=C=C=C=C=CC(=O)OCC(COC(=O)CCC(=O)NCN)OC(=O)CCCCCCCCCCCCCCC. The number of amides is 1. The summed E-state index contributed by atoms with van der Waals surface area (Å²) in [5.74, 6) is -2.36. The molecule has 0 heterocycles. The molecule has 49 heavy (non-hydrogen) atoms. The van der Waals surface area contributed by atoms with Crippen LogP contribution in [0.1, 0.15) is 110 Å². The van der Waals surface area contributed by atoms with E-state index < -0.39 is 29.9 Å². The maximum atomic E-state index is 12.5. The Morgan fingerprint density at radius 2 is 1.12 bits per heavy atom. The average Bonchev–Trinajstić information content (AvgIpc) is 3.09. The number of hydrogen-bond acceptors (Lipinski definition) is 8. The Labute approximate surface area is 290 Å². The van der Waals surface area contributed by atoms with Crippen molar-refractivity contribution in [2.24, 2.45) is 5.73 Å². The van der Waals surface area contributed by atoms with E-state index in [2.05, 4.69) is 93.3 Å². The molecule has 0 radical (unpaired) electrons. The fourth-order valence-corrected chi connectivity index (χ4v) is 4.00. The average molecular weight is 669 g/mol. The first-order chi connectivity index (χ1) is 23.9. The van der Waals surface area contributed by atoms with E-state index in [9.17, 15) is 19.2 Å². The molecule has 9 heteroatoms. The fraction of sp³-hybridized carbons (Fsp3) is 0.525. The minimum Gasteiger partial charge on any atom is -0.462 e. The van der Waals surface area contributed by atoms with Crippen molar-refractivity contribution < 1.29 is 33.4 Å². The van der Waals surface area contributed by atoms with E-state index in [1.165, 1.54) is 57.8 Å². The van der Waals surface area contributed by atoms with E-state index in [1.54, 1.807) is 0 Å². The van der Waals surface area contributed by atoms with Gasteiger partial charge in [0.2, 0.25) is 5.91 Å². The molecule has 0 saturated heterocycles. The van der Waals surface area contributed by atoms with Crippen molar-refractivity contribution >= 4 is 23.8 Å². The highest BCUT2D eigenvalue weighted by Gasteiger charge is 2.19. The van der Waals surface area contributed by atoms with Crippen molar-refractivity contribution in [2.75, 3.05) is 19.9 Å². The van der Waals surface area contributed by atoms with Gasteiger partial charge < -0.3 is 25.3 Å². The summed E-state index contributed by atoms with van der Waals surface area (Å²) < 4.78 is 15.7. The van der Waals surface area contributed by atoms with Crippen molar-refractivity contribution in [1.29, 1.82) is 0 Å². The zero-order valence-electron chi connectivity index (χ0n) is 28.7. The Hall–Kier alpha value is -5.28. The zero-order chi connectivity index (χ0) is 36.0. The first-order valence-corrected chi connectivity index (χ1v) is 16.8. The number of hydrogen-bond donors (Lipinski definition) is 2. The number of esters is 3. The van der Waals surface area contributed by atoms with Gasteiger partial charge in [0, 0.05) is 12.8 Å². The van der Waals surface area contributed by atoms with Gasteiger partial charge in [-0.05, 0) is 76.0 Å². The van der Waals surface area contributed by atoms with Crippen molar-refractivity contribution in [1.82, 2.24) is 5.32 Å². The molecule has 1 amide bonds. The van der Waals surface area contributed by atoms with Gasteiger partial charge in [0.15, 0.2) is 6.10 Å². The lowest BCUT2D eigenvalue weighted by atomic mass is 10.0. The van der Waals surface area contributed by atoms with E-state index in [1.807, 2.05) is 0 Å². The van der Waals surface area contributed by atoms with E-state index in [0.29, 0.717) is 6.42 Å². The van der Waals surface area contributed by atoms with Gasteiger partial charge in [0.25, 0.3) is 0 Å². The third-order valence-corrected chi connectivity index (χ3v) is 6.46. The molecule has 1 atom stereocenters. The molecule has 0 aliphatic carbocycles. The third kappa shape index (κ3) is 32.5. The van der Waals surface area contributed by atoms with Crippen LogP contribution in [0.3, 0.4) is 0 Å². The van der Waals surface area contributed by atoms with Crippen molar-refractivity contribution in [3.63, 3.8) is 0 Å². The fourth-order valence-electron chi connectivity index (χ4n) is 4.00. The van der Waals surface area contributed by atoms with E-state index in [-0.39, 0.29) is 39.1 Å². The molecule has 260 valence electrons. The quantitative estimate of drug-likeness (QED) is 0.0298. The van der Waals surface area contributed by atoms with Gasteiger partial charge in [-0.3, -0.25) is 14.4 Å². The highest BCUT2D eigenvalue weighted by atomic mass is 16.6. The predicted octanol–water partition coefficient (Wildman–Crippen LogP) is 6.48. The first-order valence-electron chi connectivity index (χ1n) is 16.8. The van der Waals surface area contributed by atoms with Crippen molar-refractivity contribution in [2.45, 2.75) is 116 Å². The van der Waals surface area contributed by atoms with Gasteiger partial charge in [-0.15, -0.1) is 0 Å². The minimum atomic E-state index is -1.03. The first kappa shape index (κ1) is 43.7. The van der Waals surface area contributed by atoms with Crippen LogP contribution in [0.4, 0.5) is 0 Å². The van der Waals surface area contributed by atoms with Gasteiger partial charge >= 0.3 is 17.9 Å². The van der Waals surface area contributed by atoms with E-state index in [4.69, 9.17) is 19.9 Å². The van der Waals surface area contributed by atoms with Crippen LogP contribution >= 0.6 is 0 Å². The molecule has 0 bridgehead atoms. The van der Waals surface area contributed by atoms with Crippen LogP contribution in [0.2, 0.25) is 0 Å². The van der Waals surface area contributed by atoms with Crippen LogP contribution in [0.25, 0.3) is 0 Å². The Bertz CT molecular complexity index is 1540. The number of nitrogens with two attached hydrogens (primary N) is 1. The molecule has 0 aromatic carbocycles. The summed E-state index contributed by atoms with van der Waals surface area (Å²) in [6, 6.07) is 0. The van der Waals surface area contributed by atoms with Crippen LogP contribution in [0.15, 0.2) is 87.2 Å². The highest BCUT2D eigenvalue weighted by molar-refractivity contribution is 5.82. The topological polar surface area (TPSA) is 134 Å². The second-order valence-electron chi connectivity index (χ2n) is 10.6. The predicted molar refractivity (Wildman–Crippen MR) is 184 cm³/mol. The van der Waals surface area contributed by atoms with Gasteiger partial charge in [-0.2, -0.15) is 0 Å². The van der Waals surface area contributed by atoms with Crippen LogP contribution in [0, 0.1) is 0 Å². The van der Waals surface area contributed by atoms with Gasteiger partial charge in [0.1, 0.15) is 13.2 Å². The summed E-state index contributed by atoms with van der Waals surface area (Å²) in [6.07, 6.45) is 15.2. The normalized spacial score (nSPS) is 9.43. The van der Waals surface area contributed by atoms with E-state index in [0.717, 1.165) is 25.3 Å². The number of unbranched alkanes of at least 4 members (excludes halogenated alkanes) is 12. The number of ether oxygens (including phenoxy) is 3. The molecule has 0 fully saturated rings. The molecule has 1 unspecified atom stereocenters. The van der Waals surface area contributed by atoms with Crippen LogP contribution in [0.5, 0.6) is 0 Å². The standard InChI is InChI=1S/C40H48N2O7/c1-3-5-7-9-11-13-15-17-19-21-23-25-27-29-38(44)47-33-36(34-48-39(45)32-31-37(43)42-35-41)49-40(46)30-28-26-24-22-20-18-16-14-12-10-8-6-4-2/h29,36H,1,4,6,8,10,12,14,16,18,20,22,24,26,28,30-35,41H2,2H3,(H,42,43). The lowest BCUT2D eigenvalue weighted by molar-refractivity contribution is -0.165. The molecule has 9 nitrogen and oxygen atoms in total. The van der Waals surface area contributed by atoms with Gasteiger partial charge in [-0.25, -0.2) is 4.79 Å². The lowest BCUT2D eigenvalue weighted by Gasteiger charge is -2.17. The summed E-state index contributed by atoms with van der Waals surface area (Å²) >= 11 is 0. The van der Waals surface area contributed by atoms with Crippen molar-refractivity contribution in [3.8, 4) is 0 Å². The second-order valence-corrected chi connectivity index (χ2v) is 10.6. The number of carbonyl (C=O) groups excluding carboxylic acids is 4. The number of rotatable bonds is 24. The minimum absolute atomic E-state index is 0.0448. The van der Waals surface area contributed by atoms with Crippen LogP contribution in [-0.2, 0) is 33.4 Å². The molecular formula is C40H48N2O7. The zero-order valence-corrected chi connectivity index (χ0v) is 28.7. The summed E-state index contributed by atoms with van der Waals surface area (Å²) in [6.45, 7) is 4.79. The summed E-state index contributed by atoms with van der Waals surface area (Å²) in [5, 5.41) is 2.38. The molecule has 0 aliphatic rings. The van der Waals surface area contributed by atoms with Crippen molar-refractivity contribution in [3.05, 3.63) is 87.2 Å². The molecule has 0 aromatic heterocycles. The van der Waals surface area contributed by atoms with Crippen LogP contribution < -0.4 is 11.1 Å². The number of carbonyl (C=O) groups is 4. The van der Waals surface area contributed by atoms with E-state index >= 15 is 0 Å². The van der Waals surface area contributed by atoms with Crippen LogP contribution in [-0.4, -0.2) is 49.8 Å². The molecule has 0 spiro atoms. The Kier molecular flexibility index (Phi) is 30.4. The Morgan fingerprint density at radius 1 is 0.633 bits per heavy atom. The summed E-state index contributed by atoms with van der Waals surface area (Å²) in [7, 11) is 0. The number of nitrogens with one attached hydrogen (secondary N) is 1. The maximum Gasteiger partial charge on any atom is 0.339 e. The summed E-state index contributed by atoms with van der Waals surface area (Å²) in [5.41, 5.74) is 37.0. The highest BCUT2D eigenvalue weighted by Crippen LogP contribution is 2.13. The lowest BCUT2D eigenvalue weighted by Crippen LogP contribution is -2.31. The molecule has 3 N–H and O–H groups in total. The second kappa shape index (κ2) is 34.1. The summed E-state index contributed by atoms with van der Waals surface area (Å²) in [4.78, 5) is 48.2. The molecule has 0 aliphatic heterocycles. The maximum absolute atomic E-state index is 12.5. The Balaban J connectivity index is 4.94. The molecule has 0 rings (SSSR count). The molecule has 0 aromatic rings. The third-order valence-electron chi connectivity index (χ3n) is 6.46. The smallest absolute Gasteiger partial charge is 0.339 e. The molecular weight excluding hydrogens is 620 g/mol. The Morgan fingerprint density at radius 3 is 1.65 bits per heavy atom.